The molecule has 0 unspecified atom stereocenters. The lowest BCUT2D eigenvalue weighted by atomic mass is 10.1. The van der Waals surface area contributed by atoms with E-state index in [1.54, 1.807) is 0 Å². The van der Waals surface area contributed by atoms with Crippen molar-refractivity contribution in [2.45, 2.75) is 39.8 Å². The van der Waals surface area contributed by atoms with Gasteiger partial charge >= 0.3 is 0 Å². The van der Waals surface area contributed by atoms with Gasteiger partial charge in [-0.3, -0.25) is 0 Å². The molecular weight excluding hydrogens is 272 g/mol. The lowest BCUT2D eigenvalue weighted by molar-refractivity contribution is 0.655. The third kappa shape index (κ3) is 3.11. The number of nitrogens with one attached hydrogen (secondary N) is 1. The van der Waals surface area contributed by atoms with Crippen molar-refractivity contribution in [3.05, 3.63) is 53.6 Å². The number of hydrogen-bond acceptors (Lipinski definition) is 3. The highest BCUT2D eigenvalue weighted by atomic mass is 15.4. The van der Waals surface area contributed by atoms with Crippen molar-refractivity contribution >= 4 is 16.7 Å². The topological polar surface area (TPSA) is 42.7 Å². The average molecular weight is 294 g/mol. The molecule has 0 aliphatic carbocycles. The van der Waals surface area contributed by atoms with Gasteiger partial charge in [0.15, 0.2) is 0 Å². The van der Waals surface area contributed by atoms with Crippen LogP contribution >= 0.6 is 0 Å². The van der Waals surface area contributed by atoms with Crippen LogP contribution < -0.4 is 5.32 Å². The molecule has 4 heteroatoms. The number of unbranched alkanes of at least 4 members (excludes halogenated alkanes) is 1. The summed E-state index contributed by atoms with van der Waals surface area (Å²) in [4.78, 5) is 0. The van der Waals surface area contributed by atoms with Crippen LogP contribution in [0.25, 0.3) is 11.0 Å². The van der Waals surface area contributed by atoms with Gasteiger partial charge < -0.3 is 5.32 Å². The summed E-state index contributed by atoms with van der Waals surface area (Å²) in [5.41, 5.74) is 5.70. The summed E-state index contributed by atoms with van der Waals surface area (Å²) in [7, 11) is 0. The van der Waals surface area contributed by atoms with Gasteiger partial charge in [-0.25, -0.2) is 4.68 Å². The van der Waals surface area contributed by atoms with Gasteiger partial charge in [0.25, 0.3) is 0 Å². The molecule has 0 saturated heterocycles. The van der Waals surface area contributed by atoms with Gasteiger partial charge in [0.2, 0.25) is 0 Å². The van der Waals surface area contributed by atoms with Crippen molar-refractivity contribution in [1.29, 1.82) is 0 Å². The number of rotatable bonds is 6. The van der Waals surface area contributed by atoms with E-state index in [1.807, 2.05) is 10.7 Å². The van der Waals surface area contributed by atoms with Crippen LogP contribution in [-0.2, 0) is 13.1 Å². The first-order chi connectivity index (χ1) is 10.8. The van der Waals surface area contributed by atoms with Crippen LogP contribution in [0.5, 0.6) is 0 Å². The fourth-order valence-electron chi connectivity index (χ4n) is 2.58. The highest BCUT2D eigenvalue weighted by Gasteiger charge is 2.05. The fourth-order valence-corrected chi connectivity index (χ4v) is 2.58. The fraction of sp³-hybridized carbons (Fsp3) is 0.333. The van der Waals surface area contributed by atoms with Crippen LogP contribution in [0.3, 0.4) is 0 Å². The molecule has 1 N–H and O–H groups in total. The van der Waals surface area contributed by atoms with Crippen LogP contribution in [0.15, 0.2) is 42.5 Å². The van der Waals surface area contributed by atoms with Crippen LogP contribution in [0.1, 0.15) is 30.9 Å². The maximum absolute atomic E-state index is 4.25. The molecule has 1 aromatic heterocycles. The molecule has 0 aliphatic heterocycles. The molecule has 0 atom stereocenters. The lowest BCUT2D eigenvalue weighted by Gasteiger charge is -2.08. The zero-order valence-corrected chi connectivity index (χ0v) is 13.2. The van der Waals surface area contributed by atoms with Crippen molar-refractivity contribution in [1.82, 2.24) is 15.0 Å². The number of aromatic nitrogens is 3. The van der Waals surface area contributed by atoms with E-state index in [-0.39, 0.29) is 0 Å². The van der Waals surface area contributed by atoms with Crippen molar-refractivity contribution in [2.75, 3.05) is 5.32 Å². The van der Waals surface area contributed by atoms with Gasteiger partial charge in [0.05, 0.1) is 5.52 Å². The first-order valence-electron chi connectivity index (χ1n) is 7.89. The van der Waals surface area contributed by atoms with E-state index in [2.05, 4.69) is 65.9 Å². The number of aryl methyl sites for hydroxylation is 2. The van der Waals surface area contributed by atoms with Crippen LogP contribution in [0.2, 0.25) is 0 Å². The van der Waals surface area contributed by atoms with E-state index >= 15 is 0 Å². The lowest BCUT2D eigenvalue weighted by Crippen LogP contribution is -2.09. The first kappa shape index (κ1) is 14.6. The SMILES string of the molecule is CCCCc1ccc(NCn2nnc3c(C)cccc32)cc1. The summed E-state index contributed by atoms with van der Waals surface area (Å²) in [5.74, 6) is 0. The van der Waals surface area contributed by atoms with Crippen molar-refractivity contribution in [2.24, 2.45) is 0 Å². The Bertz CT molecular complexity index is 743. The van der Waals surface area contributed by atoms with Gasteiger partial charge in [0.1, 0.15) is 12.2 Å². The Balaban J connectivity index is 1.67. The number of benzene rings is 2. The first-order valence-corrected chi connectivity index (χ1v) is 7.89. The Morgan fingerprint density at radius 1 is 1.09 bits per heavy atom. The molecule has 0 amide bonds. The summed E-state index contributed by atoms with van der Waals surface area (Å²) in [6, 6.07) is 14.8. The minimum Gasteiger partial charge on any atom is -0.366 e. The summed E-state index contributed by atoms with van der Waals surface area (Å²) in [6.07, 6.45) is 3.64. The number of anilines is 1. The zero-order chi connectivity index (χ0) is 15.4. The molecule has 3 rings (SSSR count). The molecule has 0 fully saturated rings. The third-order valence-electron chi connectivity index (χ3n) is 3.95. The maximum Gasteiger partial charge on any atom is 0.116 e. The highest BCUT2D eigenvalue weighted by Crippen LogP contribution is 2.16. The van der Waals surface area contributed by atoms with Gasteiger partial charge in [-0.05, 0) is 49.1 Å². The highest BCUT2D eigenvalue weighted by molar-refractivity contribution is 5.77. The second-order valence-corrected chi connectivity index (χ2v) is 5.67. The van der Waals surface area contributed by atoms with E-state index in [9.17, 15) is 0 Å². The summed E-state index contributed by atoms with van der Waals surface area (Å²) in [6.45, 7) is 4.90. The summed E-state index contributed by atoms with van der Waals surface area (Å²) >= 11 is 0. The molecule has 0 aliphatic rings. The molecule has 0 radical (unpaired) electrons. The molecule has 4 nitrogen and oxygen atoms in total. The molecule has 114 valence electrons. The summed E-state index contributed by atoms with van der Waals surface area (Å²) in [5, 5.41) is 11.9. The van der Waals surface area contributed by atoms with Gasteiger partial charge in [-0.1, -0.05) is 42.8 Å². The largest absolute Gasteiger partial charge is 0.366 e. The van der Waals surface area contributed by atoms with E-state index in [4.69, 9.17) is 0 Å². The zero-order valence-electron chi connectivity index (χ0n) is 13.2. The minimum atomic E-state index is 0.619. The molecule has 22 heavy (non-hydrogen) atoms. The second kappa shape index (κ2) is 6.60. The molecular formula is C18H22N4. The van der Waals surface area contributed by atoms with E-state index < -0.39 is 0 Å². The number of nitrogens with zero attached hydrogens (tertiary/aromatic N) is 3. The Morgan fingerprint density at radius 2 is 1.91 bits per heavy atom. The Morgan fingerprint density at radius 3 is 2.68 bits per heavy atom. The number of fused-ring (bicyclic) bond motifs is 1. The molecule has 0 bridgehead atoms. The standard InChI is InChI=1S/C18H22N4/c1-3-4-7-15-9-11-16(12-10-15)19-13-22-17-8-5-6-14(2)18(17)20-21-22/h5-6,8-12,19H,3-4,7,13H2,1-2H3. The molecule has 3 aromatic rings. The predicted octanol–water partition coefficient (Wildman–Crippen LogP) is 4.15. The maximum atomic E-state index is 4.25. The molecule has 0 spiro atoms. The summed E-state index contributed by atoms with van der Waals surface area (Å²) < 4.78 is 1.90. The average Bonchev–Trinajstić information content (AvgIpc) is 2.96. The molecule has 2 aromatic carbocycles. The van der Waals surface area contributed by atoms with Crippen molar-refractivity contribution < 1.29 is 0 Å². The van der Waals surface area contributed by atoms with Gasteiger partial charge in [-0.15, -0.1) is 5.10 Å². The monoisotopic (exact) mass is 294 g/mol. The van der Waals surface area contributed by atoms with Gasteiger partial charge in [-0.2, -0.15) is 0 Å². The van der Waals surface area contributed by atoms with E-state index in [1.165, 1.54) is 18.4 Å². The van der Waals surface area contributed by atoms with E-state index in [0.29, 0.717) is 6.67 Å². The van der Waals surface area contributed by atoms with Crippen molar-refractivity contribution in [3.63, 3.8) is 0 Å². The smallest absolute Gasteiger partial charge is 0.116 e. The Hall–Kier alpha value is -2.36. The quantitative estimate of drug-likeness (QED) is 0.742. The van der Waals surface area contributed by atoms with E-state index in [0.717, 1.165) is 28.7 Å². The Kier molecular flexibility index (Phi) is 4.37. The normalized spacial score (nSPS) is 11.0. The second-order valence-electron chi connectivity index (χ2n) is 5.67. The van der Waals surface area contributed by atoms with Gasteiger partial charge in [0, 0.05) is 5.69 Å². The van der Waals surface area contributed by atoms with Crippen LogP contribution in [-0.4, -0.2) is 15.0 Å². The van der Waals surface area contributed by atoms with Crippen LogP contribution in [0, 0.1) is 6.92 Å². The Labute approximate surface area is 131 Å². The van der Waals surface area contributed by atoms with Crippen LogP contribution in [0.4, 0.5) is 5.69 Å². The minimum absolute atomic E-state index is 0.619. The molecule has 0 saturated carbocycles. The molecule has 1 heterocycles. The third-order valence-corrected chi connectivity index (χ3v) is 3.95. The predicted molar refractivity (Wildman–Crippen MR) is 90.9 cm³/mol. The number of hydrogen-bond donors (Lipinski definition) is 1. The van der Waals surface area contributed by atoms with Crippen molar-refractivity contribution in [3.8, 4) is 0 Å².